The summed E-state index contributed by atoms with van der Waals surface area (Å²) in [4.78, 5) is 22.9. The molecule has 0 radical (unpaired) electrons. The Morgan fingerprint density at radius 1 is 1.12 bits per heavy atom. The molecule has 1 heterocycles. The summed E-state index contributed by atoms with van der Waals surface area (Å²) in [6.07, 6.45) is 0. The van der Waals surface area contributed by atoms with Gasteiger partial charge in [-0.3, -0.25) is 20.0 Å². The first-order valence-electron chi connectivity index (χ1n) is 9.69. The van der Waals surface area contributed by atoms with Crippen molar-refractivity contribution < 1.29 is 14.5 Å². The second-order valence-corrected chi connectivity index (χ2v) is 6.97. The van der Waals surface area contributed by atoms with E-state index in [4.69, 9.17) is 4.74 Å². The molecule has 0 unspecified atom stereocenters. The predicted molar refractivity (Wildman–Crippen MR) is 121 cm³/mol. The molecule has 0 aliphatic heterocycles. The molecule has 32 heavy (non-hydrogen) atoms. The van der Waals surface area contributed by atoms with Crippen molar-refractivity contribution in [1.29, 1.82) is 0 Å². The molecular weight excluding hydrogens is 410 g/mol. The molecule has 3 aromatic carbocycles. The number of fused-ring (bicyclic) bond motifs is 1. The van der Waals surface area contributed by atoms with E-state index >= 15 is 0 Å². The van der Waals surface area contributed by atoms with Crippen molar-refractivity contribution in [3.8, 4) is 17.0 Å². The SMILES string of the molecule is COc1ccc2ccccc2c1-c1cc(C(=O)N/N=C(/C)c2ccc([N+](=O)[O-])cc2)[nH]n1. The molecule has 4 aromatic rings. The monoisotopic (exact) mass is 429 g/mol. The molecule has 0 saturated carbocycles. The van der Waals surface area contributed by atoms with Crippen LogP contribution in [0, 0.1) is 10.1 Å². The maximum absolute atomic E-state index is 12.6. The molecule has 0 saturated heterocycles. The minimum atomic E-state index is -0.473. The summed E-state index contributed by atoms with van der Waals surface area (Å²) in [5.74, 6) is 0.179. The molecule has 4 rings (SSSR count). The number of non-ortho nitro benzene ring substituents is 1. The van der Waals surface area contributed by atoms with Gasteiger partial charge in [-0.1, -0.05) is 30.3 Å². The van der Waals surface area contributed by atoms with E-state index in [2.05, 4.69) is 20.7 Å². The van der Waals surface area contributed by atoms with E-state index in [1.807, 2.05) is 36.4 Å². The van der Waals surface area contributed by atoms with Crippen LogP contribution in [0.4, 0.5) is 5.69 Å². The average molecular weight is 429 g/mol. The number of aromatic nitrogens is 2. The van der Waals surface area contributed by atoms with Gasteiger partial charge in [0.05, 0.1) is 29.0 Å². The second-order valence-electron chi connectivity index (χ2n) is 6.97. The topological polar surface area (TPSA) is 123 Å². The first kappa shape index (κ1) is 20.7. The Labute approximate surface area is 182 Å². The van der Waals surface area contributed by atoms with Gasteiger partial charge in [0.2, 0.25) is 0 Å². The Morgan fingerprint density at radius 3 is 2.59 bits per heavy atom. The number of amides is 1. The maximum Gasteiger partial charge on any atom is 0.289 e. The normalized spacial score (nSPS) is 11.4. The molecular formula is C23H19N5O4. The molecule has 1 amide bonds. The highest BCUT2D eigenvalue weighted by molar-refractivity contribution is 6.02. The van der Waals surface area contributed by atoms with E-state index < -0.39 is 10.8 Å². The van der Waals surface area contributed by atoms with Crippen LogP contribution in [0.15, 0.2) is 71.8 Å². The van der Waals surface area contributed by atoms with Crippen LogP contribution >= 0.6 is 0 Å². The molecule has 0 aliphatic carbocycles. The Bertz CT molecular complexity index is 1340. The summed E-state index contributed by atoms with van der Waals surface area (Å²) < 4.78 is 5.51. The minimum absolute atomic E-state index is 0.0144. The van der Waals surface area contributed by atoms with Crippen LogP contribution in [-0.4, -0.2) is 33.8 Å². The fraction of sp³-hybridized carbons (Fsp3) is 0.0870. The van der Waals surface area contributed by atoms with Gasteiger partial charge >= 0.3 is 0 Å². The molecule has 9 heteroatoms. The first-order valence-corrected chi connectivity index (χ1v) is 9.69. The van der Waals surface area contributed by atoms with E-state index in [9.17, 15) is 14.9 Å². The number of hydrogen-bond acceptors (Lipinski definition) is 6. The van der Waals surface area contributed by atoms with Gasteiger partial charge in [-0.05, 0) is 47.5 Å². The van der Waals surface area contributed by atoms with Crippen molar-refractivity contribution in [2.24, 2.45) is 5.10 Å². The number of nitro benzene ring substituents is 1. The standard InChI is InChI=1S/C23H19N5O4/c1-14(15-7-10-17(11-8-15)28(30)31)24-27-23(29)20-13-19(25-26-20)22-18-6-4-3-5-16(18)9-12-21(22)32-2/h3-13H,1-2H3,(H,25,26)(H,27,29)/b24-14-. The van der Waals surface area contributed by atoms with Crippen molar-refractivity contribution in [2.75, 3.05) is 7.11 Å². The summed E-state index contributed by atoms with van der Waals surface area (Å²) in [6, 6.07) is 19.2. The van der Waals surface area contributed by atoms with Crippen molar-refractivity contribution in [2.45, 2.75) is 6.92 Å². The number of methoxy groups -OCH3 is 1. The zero-order chi connectivity index (χ0) is 22.7. The third-order valence-electron chi connectivity index (χ3n) is 5.01. The van der Waals surface area contributed by atoms with Gasteiger partial charge in [0.1, 0.15) is 11.4 Å². The Kier molecular flexibility index (Phi) is 5.63. The summed E-state index contributed by atoms with van der Waals surface area (Å²) in [7, 11) is 1.59. The molecule has 1 aromatic heterocycles. The summed E-state index contributed by atoms with van der Waals surface area (Å²) in [6.45, 7) is 1.70. The molecule has 9 nitrogen and oxygen atoms in total. The lowest BCUT2D eigenvalue weighted by Gasteiger charge is -2.09. The summed E-state index contributed by atoms with van der Waals surface area (Å²) in [5, 5.41) is 23.9. The largest absolute Gasteiger partial charge is 0.496 e. The maximum atomic E-state index is 12.6. The fourth-order valence-electron chi connectivity index (χ4n) is 3.34. The molecule has 0 fully saturated rings. The smallest absolute Gasteiger partial charge is 0.289 e. The number of hydrogen-bond donors (Lipinski definition) is 2. The third kappa shape index (κ3) is 4.04. The number of rotatable bonds is 6. The van der Waals surface area contributed by atoms with Gasteiger partial charge in [0.15, 0.2) is 0 Å². The highest BCUT2D eigenvalue weighted by atomic mass is 16.6. The van der Waals surface area contributed by atoms with Crippen LogP contribution in [-0.2, 0) is 0 Å². The van der Waals surface area contributed by atoms with Crippen molar-refractivity contribution >= 4 is 28.1 Å². The van der Waals surface area contributed by atoms with E-state index in [0.29, 0.717) is 22.7 Å². The quantitative estimate of drug-likeness (QED) is 0.269. The molecule has 160 valence electrons. The zero-order valence-corrected chi connectivity index (χ0v) is 17.3. The van der Waals surface area contributed by atoms with Gasteiger partial charge < -0.3 is 4.74 Å². The summed E-state index contributed by atoms with van der Waals surface area (Å²) in [5.41, 5.74) is 5.21. The highest BCUT2D eigenvalue weighted by Gasteiger charge is 2.16. The van der Waals surface area contributed by atoms with E-state index in [1.54, 1.807) is 32.2 Å². The van der Waals surface area contributed by atoms with Gasteiger partial charge in [0.25, 0.3) is 11.6 Å². The molecule has 0 spiro atoms. The minimum Gasteiger partial charge on any atom is -0.496 e. The van der Waals surface area contributed by atoms with Crippen molar-refractivity contribution in [1.82, 2.24) is 15.6 Å². The number of carbonyl (C=O) groups excluding carboxylic acids is 1. The molecule has 0 bridgehead atoms. The number of hydrazone groups is 1. The number of nitrogens with zero attached hydrogens (tertiary/aromatic N) is 3. The number of benzene rings is 3. The first-order chi connectivity index (χ1) is 15.5. The number of aromatic amines is 1. The zero-order valence-electron chi connectivity index (χ0n) is 17.3. The Balaban J connectivity index is 1.57. The van der Waals surface area contributed by atoms with Crippen LogP contribution in [0.3, 0.4) is 0 Å². The van der Waals surface area contributed by atoms with Crippen LogP contribution < -0.4 is 10.2 Å². The van der Waals surface area contributed by atoms with Crippen LogP contribution in [0.5, 0.6) is 5.75 Å². The average Bonchev–Trinajstić information content (AvgIpc) is 3.31. The van der Waals surface area contributed by atoms with Crippen LogP contribution in [0.1, 0.15) is 23.0 Å². The van der Waals surface area contributed by atoms with Gasteiger partial charge in [-0.2, -0.15) is 10.2 Å². The lowest BCUT2D eigenvalue weighted by Crippen LogP contribution is -2.19. The van der Waals surface area contributed by atoms with Gasteiger partial charge in [-0.15, -0.1) is 0 Å². The summed E-state index contributed by atoms with van der Waals surface area (Å²) >= 11 is 0. The number of nitro groups is 1. The molecule has 2 N–H and O–H groups in total. The van der Waals surface area contributed by atoms with Crippen molar-refractivity contribution in [3.05, 3.63) is 88.1 Å². The highest BCUT2D eigenvalue weighted by Crippen LogP contribution is 2.36. The lowest BCUT2D eigenvalue weighted by molar-refractivity contribution is -0.384. The lowest BCUT2D eigenvalue weighted by atomic mass is 10.0. The third-order valence-corrected chi connectivity index (χ3v) is 5.01. The fourth-order valence-corrected chi connectivity index (χ4v) is 3.34. The Morgan fingerprint density at radius 2 is 1.88 bits per heavy atom. The van der Waals surface area contributed by atoms with E-state index in [1.165, 1.54) is 12.1 Å². The number of nitrogens with one attached hydrogen (secondary N) is 2. The number of carbonyl (C=O) groups is 1. The van der Waals surface area contributed by atoms with Gasteiger partial charge in [-0.25, -0.2) is 5.43 Å². The number of H-pyrrole nitrogens is 1. The molecule has 0 aliphatic rings. The van der Waals surface area contributed by atoms with Crippen LogP contribution in [0.2, 0.25) is 0 Å². The molecule has 0 atom stereocenters. The van der Waals surface area contributed by atoms with Crippen LogP contribution in [0.25, 0.3) is 22.0 Å². The number of ether oxygens (including phenoxy) is 1. The second kappa shape index (κ2) is 8.68. The predicted octanol–water partition coefficient (Wildman–Crippen LogP) is 4.30. The van der Waals surface area contributed by atoms with Crippen molar-refractivity contribution in [3.63, 3.8) is 0 Å². The van der Waals surface area contributed by atoms with E-state index in [-0.39, 0.29) is 11.4 Å². The van der Waals surface area contributed by atoms with Gasteiger partial charge in [0, 0.05) is 12.1 Å². The van der Waals surface area contributed by atoms with E-state index in [0.717, 1.165) is 16.3 Å². The Hall–Kier alpha value is -4.53.